The van der Waals surface area contributed by atoms with E-state index in [4.69, 9.17) is 17.0 Å². The summed E-state index contributed by atoms with van der Waals surface area (Å²) in [5.74, 6) is -2.22. The van der Waals surface area contributed by atoms with Crippen molar-refractivity contribution >= 4 is 41.2 Å². The van der Waals surface area contributed by atoms with Crippen LogP contribution < -0.4 is 15.4 Å². The number of ether oxygens (including phenoxy) is 1. The Kier molecular flexibility index (Phi) is 4.52. The van der Waals surface area contributed by atoms with Gasteiger partial charge in [-0.05, 0) is 42.9 Å². The monoisotopic (exact) mass is 320 g/mol. The van der Waals surface area contributed by atoms with Crippen LogP contribution in [0.5, 0.6) is 5.75 Å². The molecule has 0 unspecified atom stereocenters. The molecule has 22 heavy (non-hydrogen) atoms. The molecule has 7 nitrogen and oxygen atoms in total. The molecule has 0 bridgehead atoms. The van der Waals surface area contributed by atoms with Crippen molar-refractivity contribution in [1.82, 2.24) is 10.6 Å². The van der Waals surface area contributed by atoms with Gasteiger partial charge in [0.2, 0.25) is 0 Å². The zero-order valence-electron chi connectivity index (χ0n) is 11.5. The Morgan fingerprint density at radius 1 is 1.32 bits per heavy atom. The molecule has 0 atom stereocenters. The number of nitrogens with one attached hydrogen (secondary N) is 2. The third-order valence-corrected chi connectivity index (χ3v) is 2.99. The van der Waals surface area contributed by atoms with Crippen molar-refractivity contribution in [3.63, 3.8) is 0 Å². The first-order valence-corrected chi connectivity index (χ1v) is 6.71. The summed E-state index contributed by atoms with van der Waals surface area (Å²) in [5.41, 5.74) is 0.173. The average molecular weight is 320 g/mol. The van der Waals surface area contributed by atoms with Crippen molar-refractivity contribution in [1.29, 1.82) is 0 Å². The summed E-state index contributed by atoms with van der Waals surface area (Å²) in [6.07, 6.45) is 1.29. The Balaban J connectivity index is 2.41. The Morgan fingerprint density at radius 2 is 1.95 bits per heavy atom. The van der Waals surface area contributed by atoms with Gasteiger partial charge in [0, 0.05) is 0 Å². The SMILES string of the molecule is CCOc1ccc(C=C2C(=O)NC(=S)NC2=O)cc1C(=O)O. The summed E-state index contributed by atoms with van der Waals surface area (Å²) in [6, 6.07) is 4.36. The first-order valence-electron chi connectivity index (χ1n) is 6.31. The zero-order valence-corrected chi connectivity index (χ0v) is 12.3. The maximum Gasteiger partial charge on any atom is 0.339 e. The van der Waals surface area contributed by atoms with Gasteiger partial charge in [0.1, 0.15) is 16.9 Å². The number of hydrogen-bond acceptors (Lipinski definition) is 5. The van der Waals surface area contributed by atoms with E-state index in [2.05, 4.69) is 10.6 Å². The molecule has 0 saturated carbocycles. The van der Waals surface area contributed by atoms with Gasteiger partial charge in [-0.25, -0.2) is 4.79 Å². The minimum Gasteiger partial charge on any atom is -0.493 e. The Bertz CT molecular complexity index is 689. The predicted octanol–water partition coefficient (Wildman–Crippen LogP) is 0.698. The van der Waals surface area contributed by atoms with Crippen LogP contribution in [0.2, 0.25) is 0 Å². The maximum absolute atomic E-state index is 11.7. The van der Waals surface area contributed by atoms with E-state index in [0.717, 1.165) is 0 Å². The average Bonchev–Trinajstić information content (AvgIpc) is 2.44. The third-order valence-electron chi connectivity index (χ3n) is 2.79. The Morgan fingerprint density at radius 3 is 2.50 bits per heavy atom. The molecule has 1 heterocycles. The second kappa shape index (κ2) is 6.35. The summed E-state index contributed by atoms with van der Waals surface area (Å²) >= 11 is 4.69. The van der Waals surface area contributed by atoms with Crippen LogP contribution in [0, 0.1) is 0 Å². The molecule has 3 N–H and O–H groups in total. The van der Waals surface area contributed by atoms with Gasteiger partial charge in [0.05, 0.1) is 6.61 Å². The van der Waals surface area contributed by atoms with Crippen molar-refractivity contribution in [2.45, 2.75) is 6.92 Å². The number of hydrogen-bond donors (Lipinski definition) is 3. The summed E-state index contributed by atoms with van der Waals surface area (Å²) < 4.78 is 5.22. The van der Waals surface area contributed by atoms with Gasteiger partial charge in [-0.1, -0.05) is 6.07 Å². The van der Waals surface area contributed by atoms with Crippen molar-refractivity contribution in [3.8, 4) is 5.75 Å². The standard InChI is InChI=1S/C14H12N2O5S/c1-2-21-10-4-3-7(5-8(10)13(19)20)6-9-11(17)15-14(22)16-12(9)18/h3-6H,2H2,1H3,(H,19,20)(H2,15,16,17,18,22). The third kappa shape index (κ3) is 3.29. The number of benzene rings is 1. The summed E-state index contributed by atoms with van der Waals surface area (Å²) in [5, 5.41) is 13.7. The normalized spacial score (nSPS) is 14.2. The van der Waals surface area contributed by atoms with E-state index >= 15 is 0 Å². The largest absolute Gasteiger partial charge is 0.493 e. The molecule has 1 aliphatic heterocycles. The lowest BCUT2D eigenvalue weighted by Gasteiger charge is -2.16. The molecule has 0 radical (unpaired) electrons. The van der Waals surface area contributed by atoms with Crippen LogP contribution in [0.3, 0.4) is 0 Å². The van der Waals surface area contributed by atoms with Gasteiger partial charge in [-0.2, -0.15) is 0 Å². The Hall–Kier alpha value is -2.74. The fourth-order valence-electron chi connectivity index (χ4n) is 1.86. The topological polar surface area (TPSA) is 105 Å². The van der Waals surface area contributed by atoms with Gasteiger partial charge in [-0.3, -0.25) is 20.2 Å². The van der Waals surface area contributed by atoms with Gasteiger partial charge in [-0.15, -0.1) is 0 Å². The second-order valence-electron chi connectivity index (χ2n) is 4.29. The van der Waals surface area contributed by atoms with Crippen LogP contribution in [0.25, 0.3) is 6.08 Å². The molecular weight excluding hydrogens is 308 g/mol. The van der Waals surface area contributed by atoms with E-state index in [0.29, 0.717) is 12.2 Å². The van der Waals surface area contributed by atoms with Crippen molar-refractivity contribution in [3.05, 3.63) is 34.9 Å². The smallest absolute Gasteiger partial charge is 0.339 e. The predicted molar refractivity (Wildman–Crippen MR) is 81.4 cm³/mol. The number of thiocarbonyl (C=S) groups is 1. The number of carboxylic acids is 1. The van der Waals surface area contributed by atoms with Crippen LogP contribution in [0.1, 0.15) is 22.8 Å². The summed E-state index contributed by atoms with van der Waals surface area (Å²) in [6.45, 7) is 2.06. The van der Waals surface area contributed by atoms with Crippen molar-refractivity contribution < 1.29 is 24.2 Å². The van der Waals surface area contributed by atoms with Crippen LogP contribution in [0.15, 0.2) is 23.8 Å². The molecule has 0 aromatic heterocycles. The fraction of sp³-hybridized carbons (Fsp3) is 0.143. The first kappa shape index (κ1) is 15.6. The molecular formula is C14H12N2O5S. The van der Waals surface area contributed by atoms with E-state index in [9.17, 15) is 19.5 Å². The highest BCUT2D eigenvalue weighted by molar-refractivity contribution is 7.80. The van der Waals surface area contributed by atoms with Gasteiger partial charge < -0.3 is 9.84 Å². The lowest BCUT2D eigenvalue weighted by molar-refractivity contribution is -0.123. The number of carbonyl (C=O) groups excluding carboxylic acids is 2. The molecule has 1 aromatic rings. The van der Waals surface area contributed by atoms with E-state index < -0.39 is 17.8 Å². The van der Waals surface area contributed by atoms with E-state index in [1.54, 1.807) is 13.0 Å². The fourth-order valence-corrected chi connectivity index (χ4v) is 2.04. The Labute approximate surface area is 131 Å². The highest BCUT2D eigenvalue weighted by Crippen LogP contribution is 2.22. The van der Waals surface area contributed by atoms with E-state index in [1.165, 1.54) is 18.2 Å². The molecule has 2 amide bonds. The lowest BCUT2D eigenvalue weighted by atomic mass is 10.1. The summed E-state index contributed by atoms with van der Waals surface area (Å²) in [4.78, 5) is 34.7. The first-order chi connectivity index (χ1) is 10.4. The van der Waals surface area contributed by atoms with Gasteiger partial charge >= 0.3 is 5.97 Å². The number of amides is 2. The van der Waals surface area contributed by atoms with E-state index in [-0.39, 0.29) is 22.0 Å². The van der Waals surface area contributed by atoms with E-state index in [1.807, 2.05) is 0 Å². The number of aromatic carboxylic acids is 1. The van der Waals surface area contributed by atoms with Crippen molar-refractivity contribution in [2.75, 3.05) is 6.61 Å². The van der Waals surface area contributed by atoms with Crippen LogP contribution in [0.4, 0.5) is 0 Å². The van der Waals surface area contributed by atoms with Crippen LogP contribution in [-0.4, -0.2) is 34.6 Å². The highest BCUT2D eigenvalue weighted by atomic mass is 32.1. The highest BCUT2D eigenvalue weighted by Gasteiger charge is 2.25. The molecule has 1 aliphatic rings. The quantitative estimate of drug-likeness (QED) is 0.428. The molecule has 0 aliphatic carbocycles. The molecule has 114 valence electrons. The number of carbonyl (C=O) groups is 3. The van der Waals surface area contributed by atoms with Gasteiger partial charge in [0.25, 0.3) is 11.8 Å². The molecule has 0 spiro atoms. The maximum atomic E-state index is 11.7. The lowest BCUT2D eigenvalue weighted by Crippen LogP contribution is -2.51. The zero-order chi connectivity index (χ0) is 16.3. The molecule has 1 aromatic carbocycles. The minimum atomic E-state index is -1.16. The molecule has 1 fully saturated rings. The molecule has 8 heteroatoms. The molecule has 1 saturated heterocycles. The molecule has 2 rings (SSSR count). The minimum absolute atomic E-state index is 0.0525. The summed E-state index contributed by atoms with van der Waals surface area (Å²) in [7, 11) is 0. The second-order valence-corrected chi connectivity index (χ2v) is 4.70. The number of rotatable bonds is 4. The van der Waals surface area contributed by atoms with Crippen molar-refractivity contribution in [2.24, 2.45) is 0 Å². The van der Waals surface area contributed by atoms with Gasteiger partial charge in [0.15, 0.2) is 5.11 Å². The number of carboxylic acid groups (broad SMARTS) is 1. The van der Waals surface area contributed by atoms with Crippen LogP contribution >= 0.6 is 12.2 Å². The van der Waals surface area contributed by atoms with Crippen LogP contribution in [-0.2, 0) is 9.59 Å².